The van der Waals surface area contributed by atoms with Crippen LogP contribution in [-0.4, -0.2) is 40.0 Å². The molecule has 0 saturated heterocycles. The van der Waals surface area contributed by atoms with Crippen LogP contribution >= 0.6 is 0 Å². The van der Waals surface area contributed by atoms with Crippen LogP contribution in [0.25, 0.3) is 0 Å². The minimum Gasteiger partial charge on any atom is -0.493 e. The molecule has 2 aromatic carbocycles. The van der Waals surface area contributed by atoms with E-state index in [0.29, 0.717) is 24.3 Å². The van der Waals surface area contributed by atoms with Crippen molar-refractivity contribution in [1.82, 2.24) is 9.88 Å². The molecular formula is C25H25FN2O4. The normalized spacial score (nSPS) is 10.6. The topological polar surface area (TPSA) is 79.7 Å². The van der Waals surface area contributed by atoms with E-state index in [1.165, 1.54) is 29.8 Å². The van der Waals surface area contributed by atoms with E-state index in [1.54, 1.807) is 24.3 Å². The summed E-state index contributed by atoms with van der Waals surface area (Å²) in [4.78, 5) is 29.4. The van der Waals surface area contributed by atoms with Gasteiger partial charge >= 0.3 is 5.97 Å². The van der Waals surface area contributed by atoms with E-state index in [9.17, 15) is 19.1 Å². The van der Waals surface area contributed by atoms with Crippen molar-refractivity contribution in [2.75, 3.05) is 13.2 Å². The number of rotatable bonds is 10. The number of amides is 1. The lowest BCUT2D eigenvalue weighted by Crippen LogP contribution is -2.35. The molecule has 0 fully saturated rings. The third-order valence-corrected chi connectivity index (χ3v) is 4.94. The summed E-state index contributed by atoms with van der Waals surface area (Å²) >= 11 is 0. The van der Waals surface area contributed by atoms with Gasteiger partial charge in [0.1, 0.15) is 18.1 Å². The number of aryl methyl sites for hydroxylation is 1. The molecule has 0 aliphatic heterocycles. The number of aliphatic carboxylic acids is 1. The Labute approximate surface area is 186 Å². The second kappa shape index (κ2) is 11.0. The fraction of sp³-hybridized carbons (Fsp3) is 0.240. The molecule has 1 N–H and O–H groups in total. The first-order valence-electron chi connectivity index (χ1n) is 10.4. The number of hydrogen-bond donors (Lipinski definition) is 1. The Morgan fingerprint density at radius 3 is 2.38 bits per heavy atom. The molecule has 6 nitrogen and oxygen atoms in total. The number of hydrogen-bond acceptors (Lipinski definition) is 4. The molecule has 0 aliphatic carbocycles. The summed E-state index contributed by atoms with van der Waals surface area (Å²) in [6, 6.07) is 16.6. The van der Waals surface area contributed by atoms with Gasteiger partial charge in [-0.1, -0.05) is 37.3 Å². The zero-order valence-corrected chi connectivity index (χ0v) is 17.8. The number of carboxylic acids is 1. The third-order valence-electron chi connectivity index (χ3n) is 4.94. The second-order valence-corrected chi connectivity index (χ2v) is 7.29. The summed E-state index contributed by atoms with van der Waals surface area (Å²) in [5.74, 6) is -1.87. The average molecular weight is 436 g/mol. The van der Waals surface area contributed by atoms with Crippen LogP contribution in [0.5, 0.6) is 5.75 Å². The number of nitrogens with zero attached hydrogens (tertiary/aromatic N) is 2. The van der Waals surface area contributed by atoms with Gasteiger partial charge in [0.25, 0.3) is 5.91 Å². The second-order valence-electron chi connectivity index (χ2n) is 7.29. The van der Waals surface area contributed by atoms with Gasteiger partial charge in [0.2, 0.25) is 0 Å². The molecule has 1 aromatic heterocycles. The first kappa shape index (κ1) is 22.9. The first-order chi connectivity index (χ1) is 15.5. The van der Waals surface area contributed by atoms with Crippen LogP contribution in [0.3, 0.4) is 0 Å². The summed E-state index contributed by atoms with van der Waals surface area (Å²) in [6.45, 7) is 2.05. The van der Waals surface area contributed by atoms with Crippen LogP contribution in [0, 0.1) is 5.82 Å². The van der Waals surface area contributed by atoms with Gasteiger partial charge in [0, 0.05) is 24.9 Å². The number of carbonyl (C=O) groups excluding carboxylic acids is 1. The van der Waals surface area contributed by atoms with E-state index in [0.717, 1.165) is 17.0 Å². The molecule has 166 valence electrons. The smallest absolute Gasteiger partial charge is 0.323 e. The number of halogens is 1. The van der Waals surface area contributed by atoms with Crippen molar-refractivity contribution in [3.63, 3.8) is 0 Å². The molecule has 0 saturated carbocycles. The Kier molecular flexibility index (Phi) is 7.91. The molecule has 0 radical (unpaired) electrons. The summed E-state index contributed by atoms with van der Waals surface area (Å²) in [5.41, 5.74) is 2.69. The zero-order chi connectivity index (χ0) is 22.9. The average Bonchev–Trinajstić information content (AvgIpc) is 2.80. The third kappa shape index (κ3) is 6.38. The fourth-order valence-corrected chi connectivity index (χ4v) is 3.16. The Hall–Kier alpha value is -3.74. The maximum absolute atomic E-state index is 14.0. The van der Waals surface area contributed by atoms with Gasteiger partial charge in [0.15, 0.2) is 0 Å². The minimum atomic E-state index is -1.17. The molecule has 3 aromatic rings. The van der Waals surface area contributed by atoms with Crippen molar-refractivity contribution in [3.8, 4) is 5.75 Å². The standard InChI is InChI=1S/C25H25FN2O4/c1-2-18-7-10-20(27-15-18)13-14-32-21-11-8-19(9-12-21)16-28(17-24(29)30)25(31)22-5-3-4-6-23(22)26/h3-12,15H,2,13-14,16-17H2,1H3,(H,29,30). The number of pyridine rings is 1. The van der Waals surface area contributed by atoms with Gasteiger partial charge in [-0.15, -0.1) is 0 Å². The van der Waals surface area contributed by atoms with E-state index >= 15 is 0 Å². The molecular weight excluding hydrogens is 411 g/mol. The Balaban J connectivity index is 1.59. The van der Waals surface area contributed by atoms with Crippen molar-refractivity contribution in [3.05, 3.63) is 95.1 Å². The maximum atomic E-state index is 14.0. The Bertz CT molecular complexity index is 1050. The number of ether oxygens (including phenoxy) is 1. The highest BCUT2D eigenvalue weighted by Gasteiger charge is 2.21. The number of carboxylic acid groups (broad SMARTS) is 1. The van der Waals surface area contributed by atoms with Crippen LogP contribution < -0.4 is 4.74 Å². The summed E-state index contributed by atoms with van der Waals surface area (Å²) < 4.78 is 19.8. The van der Waals surface area contributed by atoms with Gasteiger partial charge in [-0.2, -0.15) is 0 Å². The van der Waals surface area contributed by atoms with Crippen molar-refractivity contribution in [2.24, 2.45) is 0 Å². The molecule has 1 heterocycles. The van der Waals surface area contributed by atoms with Crippen LogP contribution in [0.15, 0.2) is 66.9 Å². The quantitative estimate of drug-likeness (QED) is 0.517. The molecule has 0 spiro atoms. The molecule has 32 heavy (non-hydrogen) atoms. The highest BCUT2D eigenvalue weighted by Crippen LogP contribution is 2.17. The van der Waals surface area contributed by atoms with Gasteiger partial charge in [0.05, 0.1) is 12.2 Å². The molecule has 0 unspecified atom stereocenters. The monoisotopic (exact) mass is 436 g/mol. The highest BCUT2D eigenvalue weighted by molar-refractivity contribution is 5.96. The highest BCUT2D eigenvalue weighted by atomic mass is 19.1. The van der Waals surface area contributed by atoms with E-state index in [2.05, 4.69) is 18.0 Å². The predicted molar refractivity (Wildman–Crippen MR) is 118 cm³/mol. The van der Waals surface area contributed by atoms with Crippen molar-refractivity contribution < 1.29 is 23.8 Å². The zero-order valence-electron chi connectivity index (χ0n) is 17.8. The molecule has 0 bridgehead atoms. The molecule has 3 rings (SSSR count). The lowest BCUT2D eigenvalue weighted by molar-refractivity contribution is -0.137. The van der Waals surface area contributed by atoms with E-state index in [4.69, 9.17) is 4.74 Å². The molecule has 7 heteroatoms. The van der Waals surface area contributed by atoms with Crippen LogP contribution in [0.1, 0.15) is 34.1 Å². The molecule has 0 aliphatic rings. The fourth-order valence-electron chi connectivity index (χ4n) is 3.16. The summed E-state index contributed by atoms with van der Waals surface area (Å²) in [6.07, 6.45) is 3.50. The van der Waals surface area contributed by atoms with E-state index in [1.807, 2.05) is 12.3 Å². The maximum Gasteiger partial charge on any atom is 0.323 e. The lowest BCUT2D eigenvalue weighted by Gasteiger charge is -2.21. The largest absolute Gasteiger partial charge is 0.493 e. The molecule has 1 amide bonds. The van der Waals surface area contributed by atoms with E-state index < -0.39 is 24.2 Å². The van der Waals surface area contributed by atoms with E-state index in [-0.39, 0.29) is 12.1 Å². The van der Waals surface area contributed by atoms with Gasteiger partial charge in [-0.05, 0) is 47.9 Å². The summed E-state index contributed by atoms with van der Waals surface area (Å²) in [7, 11) is 0. The van der Waals surface area contributed by atoms with Crippen LogP contribution in [-0.2, 0) is 24.2 Å². The van der Waals surface area contributed by atoms with Crippen LogP contribution in [0.2, 0.25) is 0 Å². The SMILES string of the molecule is CCc1ccc(CCOc2ccc(CN(CC(=O)O)C(=O)c3ccccc3F)cc2)nc1. The Morgan fingerprint density at radius 1 is 1.03 bits per heavy atom. The number of benzene rings is 2. The Morgan fingerprint density at radius 2 is 1.75 bits per heavy atom. The number of aromatic nitrogens is 1. The minimum absolute atomic E-state index is 0.0352. The van der Waals surface area contributed by atoms with Crippen molar-refractivity contribution in [1.29, 1.82) is 0 Å². The van der Waals surface area contributed by atoms with Gasteiger partial charge in [-0.25, -0.2) is 4.39 Å². The van der Waals surface area contributed by atoms with Gasteiger partial charge in [-0.3, -0.25) is 14.6 Å². The summed E-state index contributed by atoms with van der Waals surface area (Å²) in [5, 5.41) is 9.18. The predicted octanol–water partition coefficient (Wildman–Crippen LogP) is 4.13. The lowest BCUT2D eigenvalue weighted by atomic mass is 10.1. The van der Waals surface area contributed by atoms with Crippen LogP contribution in [0.4, 0.5) is 4.39 Å². The first-order valence-corrected chi connectivity index (χ1v) is 10.4. The van der Waals surface area contributed by atoms with Crippen molar-refractivity contribution >= 4 is 11.9 Å². The van der Waals surface area contributed by atoms with Crippen molar-refractivity contribution in [2.45, 2.75) is 26.3 Å². The number of carbonyl (C=O) groups is 2. The van der Waals surface area contributed by atoms with Gasteiger partial charge < -0.3 is 14.7 Å². The molecule has 0 atom stereocenters.